The number of nitriles is 1. The third kappa shape index (κ3) is 1.95. The highest BCUT2D eigenvalue weighted by Gasteiger charge is 2.43. The molecule has 0 aliphatic heterocycles. The van der Waals surface area contributed by atoms with Crippen LogP contribution in [0.5, 0.6) is 0 Å². The summed E-state index contributed by atoms with van der Waals surface area (Å²) in [7, 11) is 0. The molecule has 1 aliphatic rings. The third-order valence-electron chi connectivity index (χ3n) is 2.56. The first-order chi connectivity index (χ1) is 5.76. The van der Waals surface area contributed by atoms with E-state index in [1.807, 2.05) is 11.8 Å². The number of thioether (sulfide) groups is 1. The zero-order valence-electron chi connectivity index (χ0n) is 7.97. The molecule has 68 valence electrons. The van der Waals surface area contributed by atoms with Crippen LogP contribution in [0, 0.1) is 17.2 Å². The Balaban J connectivity index is 2.32. The lowest BCUT2D eigenvalue weighted by Crippen LogP contribution is -2.39. The van der Waals surface area contributed by atoms with Crippen LogP contribution in [0.2, 0.25) is 0 Å². The molecule has 0 atom stereocenters. The van der Waals surface area contributed by atoms with Gasteiger partial charge in [-0.3, -0.25) is 0 Å². The predicted octanol–water partition coefficient (Wildman–Crippen LogP) is 3.21. The maximum Gasteiger partial charge on any atom is 0.103 e. The largest absolute Gasteiger partial charge is 0.197 e. The van der Waals surface area contributed by atoms with Crippen molar-refractivity contribution < 1.29 is 0 Å². The van der Waals surface area contributed by atoms with Gasteiger partial charge in [-0.15, -0.1) is 11.8 Å². The van der Waals surface area contributed by atoms with Crippen LogP contribution in [0.3, 0.4) is 0 Å². The van der Waals surface area contributed by atoms with Crippen molar-refractivity contribution in [3.8, 4) is 6.07 Å². The van der Waals surface area contributed by atoms with Crippen molar-refractivity contribution in [1.82, 2.24) is 0 Å². The van der Waals surface area contributed by atoms with Crippen LogP contribution < -0.4 is 0 Å². The van der Waals surface area contributed by atoms with Gasteiger partial charge in [-0.1, -0.05) is 26.7 Å². The van der Waals surface area contributed by atoms with Gasteiger partial charge in [0.25, 0.3) is 0 Å². The van der Waals surface area contributed by atoms with Crippen molar-refractivity contribution in [2.75, 3.05) is 5.75 Å². The molecule has 0 radical (unpaired) electrons. The summed E-state index contributed by atoms with van der Waals surface area (Å²) >= 11 is 1.83. The van der Waals surface area contributed by atoms with Gasteiger partial charge in [0.05, 0.1) is 6.07 Å². The quantitative estimate of drug-likeness (QED) is 0.668. The third-order valence-corrected chi connectivity index (χ3v) is 3.82. The highest BCUT2D eigenvalue weighted by atomic mass is 32.2. The monoisotopic (exact) mass is 183 g/mol. The minimum absolute atomic E-state index is 0.00852. The van der Waals surface area contributed by atoms with E-state index >= 15 is 0 Å². The molecule has 0 heterocycles. The molecule has 0 saturated heterocycles. The normalized spacial score (nSPS) is 33.9. The van der Waals surface area contributed by atoms with Crippen LogP contribution in [-0.4, -0.2) is 10.5 Å². The lowest BCUT2D eigenvalue weighted by atomic mass is 9.73. The van der Waals surface area contributed by atoms with E-state index in [-0.39, 0.29) is 4.75 Å². The Labute approximate surface area is 79.5 Å². The van der Waals surface area contributed by atoms with E-state index in [2.05, 4.69) is 19.9 Å². The van der Waals surface area contributed by atoms with E-state index < -0.39 is 0 Å². The van der Waals surface area contributed by atoms with Gasteiger partial charge in [-0.05, 0) is 24.5 Å². The summed E-state index contributed by atoms with van der Waals surface area (Å²) in [6.07, 6.45) is 4.85. The molecular formula is C10H17NS. The van der Waals surface area contributed by atoms with Crippen LogP contribution in [0.15, 0.2) is 0 Å². The summed E-state index contributed by atoms with van der Waals surface area (Å²) in [5, 5.41) is 8.98. The second kappa shape index (κ2) is 4.18. The Morgan fingerprint density at radius 1 is 1.50 bits per heavy atom. The molecule has 0 amide bonds. The molecule has 0 aromatic carbocycles. The van der Waals surface area contributed by atoms with Crippen LogP contribution >= 0.6 is 11.8 Å². The Kier molecular flexibility index (Phi) is 3.46. The van der Waals surface area contributed by atoms with Crippen LogP contribution in [0.1, 0.15) is 39.5 Å². The molecule has 12 heavy (non-hydrogen) atoms. The minimum Gasteiger partial charge on any atom is -0.197 e. The Morgan fingerprint density at radius 3 is 2.58 bits per heavy atom. The zero-order chi connectivity index (χ0) is 9.03. The minimum atomic E-state index is 0.00852. The molecule has 1 saturated carbocycles. The van der Waals surface area contributed by atoms with E-state index in [1.165, 1.54) is 12.8 Å². The van der Waals surface area contributed by atoms with Gasteiger partial charge in [-0.25, -0.2) is 0 Å². The zero-order valence-corrected chi connectivity index (χ0v) is 8.78. The first-order valence-electron chi connectivity index (χ1n) is 4.81. The maximum atomic E-state index is 8.98. The van der Waals surface area contributed by atoms with Crippen molar-refractivity contribution in [1.29, 1.82) is 5.26 Å². The average Bonchev–Trinajstić information content (AvgIpc) is 2.01. The lowest BCUT2D eigenvalue weighted by Gasteiger charge is -2.42. The first-order valence-corrected chi connectivity index (χ1v) is 5.80. The number of rotatable bonds is 4. The molecule has 0 aromatic heterocycles. The second-order valence-corrected chi connectivity index (χ2v) is 5.25. The van der Waals surface area contributed by atoms with Crippen molar-refractivity contribution in [3.05, 3.63) is 0 Å². The summed E-state index contributed by atoms with van der Waals surface area (Å²) in [5.41, 5.74) is 0. The summed E-state index contributed by atoms with van der Waals surface area (Å²) in [6, 6.07) is 2.47. The molecule has 0 N–H and O–H groups in total. The van der Waals surface area contributed by atoms with Gasteiger partial charge in [0.2, 0.25) is 0 Å². The van der Waals surface area contributed by atoms with Gasteiger partial charge in [-0.2, -0.15) is 5.26 Å². The van der Waals surface area contributed by atoms with Crippen LogP contribution in [0.25, 0.3) is 0 Å². The molecule has 0 bridgehead atoms. The van der Waals surface area contributed by atoms with E-state index in [4.69, 9.17) is 5.26 Å². The first kappa shape index (κ1) is 9.92. The summed E-state index contributed by atoms with van der Waals surface area (Å²) in [4.78, 5) is 0. The molecule has 0 spiro atoms. The fraction of sp³-hybridized carbons (Fsp3) is 0.900. The standard InChI is InChI=1S/C10H17NS/c1-3-5-9-6-10(7-9,8-11)12-4-2/h9H,3-7H2,1-2H3. The topological polar surface area (TPSA) is 23.8 Å². The van der Waals surface area contributed by atoms with E-state index in [9.17, 15) is 0 Å². The van der Waals surface area contributed by atoms with Crippen molar-refractivity contribution >= 4 is 11.8 Å². The average molecular weight is 183 g/mol. The van der Waals surface area contributed by atoms with Crippen LogP contribution in [-0.2, 0) is 0 Å². The predicted molar refractivity (Wildman–Crippen MR) is 54.1 cm³/mol. The Morgan fingerprint density at radius 2 is 2.17 bits per heavy atom. The smallest absolute Gasteiger partial charge is 0.103 e. The van der Waals surface area contributed by atoms with E-state index in [1.54, 1.807) is 0 Å². The number of hydrogen-bond acceptors (Lipinski definition) is 2. The molecular weight excluding hydrogens is 166 g/mol. The Bertz CT molecular complexity index is 177. The molecule has 1 rings (SSSR count). The fourth-order valence-electron chi connectivity index (χ4n) is 2.00. The molecule has 1 aliphatic carbocycles. The molecule has 1 fully saturated rings. The van der Waals surface area contributed by atoms with Crippen molar-refractivity contribution in [2.45, 2.75) is 44.3 Å². The SMILES string of the molecule is CCCC1CC(C#N)(SCC)C1. The molecule has 0 aromatic rings. The second-order valence-electron chi connectivity index (χ2n) is 3.60. The van der Waals surface area contributed by atoms with E-state index in [0.29, 0.717) is 0 Å². The molecule has 1 nitrogen and oxygen atoms in total. The molecule has 0 unspecified atom stereocenters. The van der Waals surface area contributed by atoms with Gasteiger partial charge in [0, 0.05) is 0 Å². The number of nitrogens with zero attached hydrogens (tertiary/aromatic N) is 1. The van der Waals surface area contributed by atoms with Crippen molar-refractivity contribution in [2.24, 2.45) is 5.92 Å². The fourth-order valence-corrected chi connectivity index (χ4v) is 3.33. The van der Waals surface area contributed by atoms with Gasteiger partial charge < -0.3 is 0 Å². The van der Waals surface area contributed by atoms with Gasteiger partial charge in [0.1, 0.15) is 4.75 Å². The van der Waals surface area contributed by atoms with Crippen LogP contribution in [0.4, 0.5) is 0 Å². The van der Waals surface area contributed by atoms with Crippen molar-refractivity contribution in [3.63, 3.8) is 0 Å². The highest BCUT2D eigenvalue weighted by molar-refractivity contribution is 8.00. The molecule has 2 heteroatoms. The maximum absolute atomic E-state index is 8.98. The van der Waals surface area contributed by atoms with Gasteiger partial charge in [0.15, 0.2) is 0 Å². The van der Waals surface area contributed by atoms with E-state index in [0.717, 1.165) is 24.5 Å². The Hall–Kier alpha value is -0.160. The summed E-state index contributed by atoms with van der Waals surface area (Å²) in [5.74, 6) is 1.92. The number of hydrogen-bond donors (Lipinski definition) is 0. The highest BCUT2D eigenvalue weighted by Crippen LogP contribution is 2.49. The summed E-state index contributed by atoms with van der Waals surface area (Å²) in [6.45, 7) is 4.36. The lowest BCUT2D eigenvalue weighted by molar-refractivity contribution is 0.259. The van der Waals surface area contributed by atoms with Gasteiger partial charge >= 0.3 is 0 Å². The summed E-state index contributed by atoms with van der Waals surface area (Å²) < 4.78 is 0.00852.